The van der Waals surface area contributed by atoms with Gasteiger partial charge in [-0.2, -0.15) is 0 Å². The van der Waals surface area contributed by atoms with Crippen LogP contribution in [0.4, 0.5) is 0 Å². The summed E-state index contributed by atoms with van der Waals surface area (Å²) in [5, 5.41) is -0.506. The number of benzene rings is 1. The van der Waals surface area contributed by atoms with Crippen LogP contribution in [-0.2, 0) is 50.9 Å². The van der Waals surface area contributed by atoms with Gasteiger partial charge in [0.25, 0.3) is 0 Å². The van der Waals surface area contributed by atoms with E-state index in [1.54, 1.807) is 12.1 Å². The zero-order valence-electron chi connectivity index (χ0n) is 49.4. The van der Waals surface area contributed by atoms with Crippen LogP contribution in [0.1, 0.15) is 152 Å². The number of rotatable bonds is 25. The minimum Gasteiger partial charge on any atom is -0.450 e. The van der Waals surface area contributed by atoms with E-state index in [9.17, 15) is 4.79 Å². The third-order valence-electron chi connectivity index (χ3n) is 16.9. The van der Waals surface area contributed by atoms with Crippen molar-refractivity contribution >= 4 is 39.2 Å². The third-order valence-corrected chi connectivity index (χ3v) is 34.9. The van der Waals surface area contributed by atoms with Crippen molar-refractivity contribution in [1.82, 2.24) is 0 Å². The molecule has 16 heteroatoms. The van der Waals surface area contributed by atoms with Crippen molar-refractivity contribution in [2.45, 2.75) is 282 Å². The molecule has 3 aliphatic rings. The first-order chi connectivity index (χ1) is 32.8. The van der Waals surface area contributed by atoms with Gasteiger partial charge in [0.1, 0.15) is 36.6 Å². The smallest absolute Gasteiger partial charge is 0.338 e. The Bertz CT molecular complexity index is 1850. The standard InChI is InChI=1S/C56H104O12Si4/c1-24-25-26-27-28-29-30-34-37-58-50-47(61-49(57)40-35-32-31-33-36-40)45(43(62-50)41-38-59-56(14,15)65-41)64-51-48(68-72(22,23)55(11,12)13)46(67-71(20,21)54(8,9)10)44(63-51)42(66-70(18,19)53(5,6)7)39-60-69(16,17)52(2,3)4/h24,31-33,35-36,41-48,50-51H,1,25-30,34,37-39H2,2-23H3/t41-,42-,43+,44+,45+,46+,47-,48-,50-,51+/m1/s1. The number of esters is 1. The summed E-state index contributed by atoms with van der Waals surface area (Å²) in [4.78, 5) is 14.3. The normalized spacial score (nSPS) is 27.3. The molecule has 3 heterocycles. The molecule has 10 atom stereocenters. The summed E-state index contributed by atoms with van der Waals surface area (Å²) in [5.74, 6) is -1.40. The lowest BCUT2D eigenvalue weighted by Crippen LogP contribution is -2.58. The van der Waals surface area contributed by atoms with Crippen LogP contribution in [0.3, 0.4) is 0 Å². The van der Waals surface area contributed by atoms with Crippen molar-refractivity contribution < 1.29 is 55.7 Å². The number of hydrogen-bond acceptors (Lipinski definition) is 12. The summed E-state index contributed by atoms with van der Waals surface area (Å²) >= 11 is 0. The fraction of sp³-hybridized carbons (Fsp3) is 0.839. The molecule has 72 heavy (non-hydrogen) atoms. The fourth-order valence-electron chi connectivity index (χ4n) is 8.07. The van der Waals surface area contributed by atoms with Gasteiger partial charge in [-0.3, -0.25) is 0 Å². The van der Waals surface area contributed by atoms with Crippen molar-refractivity contribution in [3.8, 4) is 0 Å². The van der Waals surface area contributed by atoms with Crippen LogP contribution in [0.15, 0.2) is 43.0 Å². The van der Waals surface area contributed by atoms with Gasteiger partial charge in [-0.05, 0) is 118 Å². The zero-order valence-corrected chi connectivity index (χ0v) is 53.4. The maximum atomic E-state index is 14.3. The molecule has 0 amide bonds. The van der Waals surface area contributed by atoms with E-state index in [1.165, 1.54) is 6.42 Å². The Labute approximate surface area is 442 Å². The van der Waals surface area contributed by atoms with Crippen LogP contribution in [0.2, 0.25) is 72.5 Å². The SMILES string of the molecule is C=CCCCCCCCCO[C@@H]1O[C@@H]([C@H]2COC(C)(C)O2)[C@H](O[C@@H]2O[C@@H]([C@@H](CO[Si](C)(C)C(C)(C)C)O[Si](C)(C)C(C)(C)C)[C@H](O[Si](C)(C)C(C)(C)C)[C@H]2O[Si](C)(C)C(C)(C)C)[C@H]1OC(=O)c1ccccc1. The van der Waals surface area contributed by atoms with Gasteiger partial charge in [0.05, 0.1) is 24.9 Å². The summed E-state index contributed by atoms with van der Waals surface area (Å²) < 4.78 is 78.0. The van der Waals surface area contributed by atoms with Crippen molar-refractivity contribution in [3.63, 3.8) is 0 Å². The van der Waals surface area contributed by atoms with Crippen molar-refractivity contribution in [3.05, 3.63) is 48.6 Å². The topological polar surface area (TPSA) is 119 Å². The molecule has 416 valence electrons. The van der Waals surface area contributed by atoms with Crippen LogP contribution >= 0.6 is 0 Å². The molecule has 3 aliphatic heterocycles. The van der Waals surface area contributed by atoms with Crippen LogP contribution in [0.5, 0.6) is 0 Å². The molecule has 0 aromatic heterocycles. The second-order valence-corrected chi connectivity index (χ2v) is 46.5. The average molecular weight is 1080 g/mol. The third kappa shape index (κ3) is 16.7. The number of carbonyl (C=O) groups excluding carboxylic acids is 1. The first kappa shape index (κ1) is 63.4. The van der Waals surface area contributed by atoms with E-state index in [4.69, 9.17) is 50.9 Å². The van der Waals surface area contributed by atoms with E-state index in [0.717, 1.165) is 38.5 Å². The van der Waals surface area contributed by atoms with Gasteiger partial charge in [0.15, 0.2) is 57.7 Å². The van der Waals surface area contributed by atoms with E-state index in [1.807, 2.05) is 38.1 Å². The molecule has 0 unspecified atom stereocenters. The quantitative estimate of drug-likeness (QED) is 0.0401. The van der Waals surface area contributed by atoms with Gasteiger partial charge in [-0.25, -0.2) is 4.79 Å². The van der Waals surface area contributed by atoms with E-state index in [2.05, 4.69) is 142 Å². The van der Waals surface area contributed by atoms with Gasteiger partial charge in [0, 0.05) is 6.61 Å². The molecule has 0 N–H and O–H groups in total. The molecule has 3 fully saturated rings. The van der Waals surface area contributed by atoms with E-state index in [0.29, 0.717) is 18.8 Å². The summed E-state index contributed by atoms with van der Waals surface area (Å²) in [6, 6.07) is 9.02. The van der Waals surface area contributed by atoms with Crippen molar-refractivity contribution in [1.29, 1.82) is 0 Å². The van der Waals surface area contributed by atoms with Gasteiger partial charge in [-0.1, -0.05) is 133 Å². The Morgan fingerprint density at radius 1 is 0.681 bits per heavy atom. The molecule has 12 nitrogen and oxygen atoms in total. The van der Waals surface area contributed by atoms with Crippen LogP contribution < -0.4 is 0 Å². The number of ether oxygens (including phenoxy) is 7. The highest BCUT2D eigenvalue weighted by molar-refractivity contribution is 6.75. The number of carbonyl (C=O) groups is 1. The Balaban J connectivity index is 1.91. The molecule has 0 bridgehead atoms. The lowest BCUT2D eigenvalue weighted by atomic mass is 10.0. The summed E-state index contributed by atoms with van der Waals surface area (Å²) in [6.45, 7) is 53.9. The second kappa shape index (κ2) is 24.7. The van der Waals surface area contributed by atoms with Crippen LogP contribution in [0, 0.1) is 0 Å². The lowest BCUT2D eigenvalue weighted by Gasteiger charge is -2.46. The Hall–Kier alpha value is -1.10. The number of hydrogen-bond donors (Lipinski definition) is 0. The number of allylic oxidation sites excluding steroid dienone is 1. The minimum absolute atomic E-state index is 0.0457. The minimum atomic E-state index is -2.62. The van der Waals surface area contributed by atoms with Gasteiger partial charge in [-0.15, -0.1) is 6.58 Å². The van der Waals surface area contributed by atoms with Gasteiger partial charge >= 0.3 is 5.97 Å². The highest BCUT2D eigenvalue weighted by Crippen LogP contribution is 2.48. The molecule has 0 aliphatic carbocycles. The molecule has 3 saturated heterocycles. The Kier molecular flexibility index (Phi) is 21.8. The van der Waals surface area contributed by atoms with E-state index >= 15 is 0 Å². The highest BCUT2D eigenvalue weighted by atomic mass is 28.4. The first-order valence-electron chi connectivity index (χ1n) is 27.3. The highest BCUT2D eigenvalue weighted by Gasteiger charge is 2.61. The summed E-state index contributed by atoms with van der Waals surface area (Å²) in [6.07, 6.45) is 1.54. The Morgan fingerprint density at radius 2 is 1.21 bits per heavy atom. The zero-order chi connectivity index (χ0) is 54.5. The first-order valence-corrected chi connectivity index (χ1v) is 38.9. The predicted octanol–water partition coefficient (Wildman–Crippen LogP) is 14.3. The summed E-state index contributed by atoms with van der Waals surface area (Å²) in [7, 11) is -9.99. The predicted molar refractivity (Wildman–Crippen MR) is 301 cm³/mol. The average Bonchev–Trinajstić information content (AvgIpc) is 3.88. The lowest BCUT2D eigenvalue weighted by molar-refractivity contribution is -0.227. The monoisotopic (exact) mass is 1080 g/mol. The maximum absolute atomic E-state index is 14.3. The molecular formula is C56H104O12Si4. The van der Waals surface area contributed by atoms with E-state index in [-0.39, 0.29) is 26.8 Å². The Morgan fingerprint density at radius 3 is 1.72 bits per heavy atom. The molecule has 1 aromatic carbocycles. The van der Waals surface area contributed by atoms with Crippen molar-refractivity contribution in [2.24, 2.45) is 0 Å². The fourth-order valence-corrected chi connectivity index (χ4v) is 13.0. The summed E-state index contributed by atoms with van der Waals surface area (Å²) in [5.41, 5.74) is 0.406. The van der Waals surface area contributed by atoms with Crippen LogP contribution in [0.25, 0.3) is 0 Å². The molecule has 0 saturated carbocycles. The number of unbranched alkanes of at least 4 members (excludes halogenated alkanes) is 6. The molecular weight excluding hydrogens is 977 g/mol. The van der Waals surface area contributed by atoms with E-state index < -0.39 is 106 Å². The molecule has 0 spiro atoms. The van der Waals surface area contributed by atoms with Gasteiger partial charge < -0.3 is 50.9 Å². The maximum Gasteiger partial charge on any atom is 0.338 e. The largest absolute Gasteiger partial charge is 0.450 e. The molecule has 0 radical (unpaired) electrons. The molecule has 4 rings (SSSR count). The molecule has 1 aromatic rings. The second-order valence-electron chi connectivity index (χ2n) is 27.4. The van der Waals surface area contributed by atoms with Crippen LogP contribution in [-0.4, -0.2) is 126 Å². The van der Waals surface area contributed by atoms with Gasteiger partial charge in [0.2, 0.25) is 0 Å². The van der Waals surface area contributed by atoms with Crippen molar-refractivity contribution in [2.75, 3.05) is 19.8 Å².